The Morgan fingerprint density at radius 2 is 2.24 bits per heavy atom. The molecule has 0 aliphatic rings. The van der Waals surface area contributed by atoms with Gasteiger partial charge < -0.3 is 5.11 Å². The van der Waals surface area contributed by atoms with Gasteiger partial charge in [-0.2, -0.15) is 10.1 Å². The van der Waals surface area contributed by atoms with E-state index in [-0.39, 0.29) is 5.75 Å². The van der Waals surface area contributed by atoms with Crippen LogP contribution in [-0.2, 0) is 0 Å². The fraction of sp³-hybridized carbons (Fsp3) is 0. The quantitative estimate of drug-likeness (QED) is 0.680. The van der Waals surface area contributed by atoms with Crippen LogP contribution in [0.5, 0.6) is 5.75 Å². The van der Waals surface area contributed by atoms with Gasteiger partial charge in [-0.05, 0) is 12.1 Å². The third-order valence-electron chi connectivity index (χ3n) is 2.30. The summed E-state index contributed by atoms with van der Waals surface area (Å²) in [5.41, 5.74) is 0. The van der Waals surface area contributed by atoms with Crippen molar-refractivity contribution in [3.8, 4) is 5.75 Å². The van der Waals surface area contributed by atoms with Crippen LogP contribution in [0.15, 0.2) is 35.6 Å². The average Bonchev–Trinajstić information content (AvgIpc) is 2.96. The molecule has 0 amide bonds. The van der Waals surface area contributed by atoms with Crippen LogP contribution in [0.25, 0.3) is 10.1 Å². The van der Waals surface area contributed by atoms with Crippen LogP contribution in [-0.4, -0.2) is 26.5 Å². The molecule has 0 saturated carbocycles. The van der Waals surface area contributed by atoms with E-state index in [2.05, 4.69) is 20.2 Å². The van der Waals surface area contributed by atoms with Crippen molar-refractivity contribution in [1.82, 2.24) is 15.2 Å². The van der Waals surface area contributed by atoms with Gasteiger partial charge in [0.25, 0.3) is 0 Å². The number of nitrogens with zero attached hydrogens (tertiary/aromatic N) is 3. The second-order valence-electron chi connectivity index (χ2n) is 3.38. The van der Waals surface area contributed by atoms with Crippen molar-refractivity contribution < 1.29 is 5.11 Å². The molecule has 3 aromatic rings. The predicted octanol–water partition coefficient (Wildman–Crippen LogP) is 2.48. The van der Waals surface area contributed by atoms with Crippen LogP contribution in [0.2, 0.25) is 0 Å². The van der Waals surface area contributed by atoms with Gasteiger partial charge in [0.05, 0.1) is 11.1 Å². The molecular weight excluding hydrogens is 236 g/mol. The van der Waals surface area contributed by atoms with E-state index in [1.165, 1.54) is 17.7 Å². The average molecular weight is 244 g/mol. The number of nitrogens with one attached hydrogen (secondary N) is 1. The van der Waals surface area contributed by atoms with Gasteiger partial charge in [0.2, 0.25) is 5.95 Å². The SMILES string of the molecule is Oc1c(C=Nc2ncn[nH]2)sc2ccccc12. The van der Waals surface area contributed by atoms with Crippen LogP contribution >= 0.6 is 11.3 Å². The lowest BCUT2D eigenvalue weighted by Crippen LogP contribution is -1.75. The summed E-state index contributed by atoms with van der Waals surface area (Å²) in [4.78, 5) is 8.67. The summed E-state index contributed by atoms with van der Waals surface area (Å²) >= 11 is 1.48. The zero-order chi connectivity index (χ0) is 11.7. The molecule has 0 bridgehead atoms. The summed E-state index contributed by atoms with van der Waals surface area (Å²) in [7, 11) is 0. The van der Waals surface area contributed by atoms with Crippen molar-refractivity contribution in [3.05, 3.63) is 35.5 Å². The first-order valence-corrected chi connectivity index (χ1v) is 5.76. The lowest BCUT2D eigenvalue weighted by Gasteiger charge is -1.89. The number of thiophene rings is 1. The minimum Gasteiger partial charge on any atom is -0.506 e. The molecule has 84 valence electrons. The van der Waals surface area contributed by atoms with Crippen LogP contribution < -0.4 is 0 Å². The van der Waals surface area contributed by atoms with E-state index in [4.69, 9.17) is 0 Å². The summed E-state index contributed by atoms with van der Waals surface area (Å²) in [6.45, 7) is 0. The van der Waals surface area contributed by atoms with Crippen molar-refractivity contribution in [3.63, 3.8) is 0 Å². The van der Waals surface area contributed by atoms with Gasteiger partial charge in [-0.1, -0.05) is 12.1 Å². The van der Waals surface area contributed by atoms with E-state index in [1.807, 2.05) is 24.3 Å². The van der Waals surface area contributed by atoms with Gasteiger partial charge in [0.15, 0.2) is 0 Å². The first-order valence-electron chi connectivity index (χ1n) is 4.94. The molecule has 1 aromatic carbocycles. The highest BCUT2D eigenvalue weighted by Gasteiger charge is 2.08. The minimum atomic E-state index is 0.258. The molecule has 0 spiro atoms. The minimum absolute atomic E-state index is 0.258. The largest absolute Gasteiger partial charge is 0.506 e. The van der Waals surface area contributed by atoms with Crippen molar-refractivity contribution in [2.75, 3.05) is 0 Å². The highest BCUT2D eigenvalue weighted by Crippen LogP contribution is 2.35. The smallest absolute Gasteiger partial charge is 0.245 e. The Morgan fingerprint density at radius 3 is 3.00 bits per heavy atom. The number of aromatic nitrogens is 3. The highest BCUT2D eigenvalue weighted by atomic mass is 32.1. The van der Waals surface area contributed by atoms with Crippen molar-refractivity contribution >= 4 is 33.6 Å². The third kappa shape index (κ3) is 1.78. The number of H-pyrrole nitrogens is 1. The number of aromatic hydroxyl groups is 1. The topological polar surface area (TPSA) is 74.2 Å². The Morgan fingerprint density at radius 1 is 1.35 bits per heavy atom. The molecule has 2 N–H and O–H groups in total. The summed E-state index contributed by atoms with van der Waals surface area (Å²) in [6.07, 6.45) is 2.97. The van der Waals surface area contributed by atoms with Gasteiger partial charge in [-0.15, -0.1) is 11.3 Å². The van der Waals surface area contributed by atoms with Gasteiger partial charge in [-0.3, -0.25) is 0 Å². The molecule has 3 rings (SSSR count). The van der Waals surface area contributed by atoms with E-state index < -0.39 is 0 Å². The van der Waals surface area contributed by atoms with Gasteiger partial charge >= 0.3 is 0 Å². The molecule has 0 aliphatic heterocycles. The number of fused-ring (bicyclic) bond motifs is 1. The molecular formula is C11H8N4OS. The summed E-state index contributed by atoms with van der Waals surface area (Å²) < 4.78 is 1.03. The zero-order valence-electron chi connectivity index (χ0n) is 8.66. The zero-order valence-corrected chi connectivity index (χ0v) is 9.48. The van der Waals surface area contributed by atoms with Crippen LogP contribution in [0, 0.1) is 0 Å². The van der Waals surface area contributed by atoms with Crippen LogP contribution in [0.1, 0.15) is 4.88 Å². The summed E-state index contributed by atoms with van der Waals surface area (Å²) in [6, 6.07) is 7.68. The van der Waals surface area contributed by atoms with Crippen molar-refractivity contribution in [1.29, 1.82) is 0 Å². The highest BCUT2D eigenvalue weighted by molar-refractivity contribution is 7.21. The van der Waals surface area contributed by atoms with E-state index in [1.54, 1.807) is 6.21 Å². The number of hydrogen-bond acceptors (Lipinski definition) is 5. The molecule has 5 nitrogen and oxygen atoms in total. The third-order valence-corrected chi connectivity index (χ3v) is 3.40. The number of hydrogen-bond donors (Lipinski definition) is 2. The summed E-state index contributed by atoms with van der Waals surface area (Å²) in [5.74, 6) is 0.677. The molecule has 0 fully saturated rings. The molecule has 0 atom stereocenters. The maximum Gasteiger partial charge on any atom is 0.245 e. The van der Waals surface area contributed by atoms with E-state index in [0.717, 1.165) is 10.1 Å². The molecule has 0 unspecified atom stereocenters. The molecule has 17 heavy (non-hydrogen) atoms. The van der Waals surface area contributed by atoms with E-state index in [0.29, 0.717) is 10.8 Å². The van der Waals surface area contributed by atoms with Gasteiger partial charge in [0, 0.05) is 10.1 Å². The normalized spacial score (nSPS) is 11.5. The first-order chi connectivity index (χ1) is 8.34. The second-order valence-corrected chi connectivity index (χ2v) is 4.46. The number of aliphatic imine (C=N–C) groups is 1. The molecule has 2 heterocycles. The van der Waals surface area contributed by atoms with Gasteiger partial charge in [0.1, 0.15) is 12.1 Å². The Balaban J connectivity index is 2.03. The van der Waals surface area contributed by atoms with Crippen LogP contribution in [0.4, 0.5) is 5.95 Å². The fourth-order valence-corrected chi connectivity index (χ4v) is 2.49. The van der Waals surface area contributed by atoms with Gasteiger partial charge in [-0.25, -0.2) is 10.1 Å². The lowest BCUT2D eigenvalue weighted by atomic mass is 10.2. The van der Waals surface area contributed by atoms with Crippen molar-refractivity contribution in [2.24, 2.45) is 4.99 Å². The second kappa shape index (κ2) is 3.99. The lowest BCUT2D eigenvalue weighted by molar-refractivity contribution is 0.483. The monoisotopic (exact) mass is 244 g/mol. The molecule has 0 aliphatic carbocycles. The number of aromatic amines is 1. The molecule has 0 saturated heterocycles. The van der Waals surface area contributed by atoms with Crippen LogP contribution in [0.3, 0.4) is 0 Å². The fourth-order valence-electron chi connectivity index (χ4n) is 1.52. The maximum absolute atomic E-state index is 9.99. The number of benzene rings is 1. The maximum atomic E-state index is 9.99. The molecule has 0 radical (unpaired) electrons. The summed E-state index contributed by atoms with van der Waals surface area (Å²) in [5, 5.41) is 17.2. The Kier molecular flexibility index (Phi) is 2.34. The Bertz CT molecular complexity index is 672. The predicted molar refractivity (Wildman–Crippen MR) is 67.1 cm³/mol. The van der Waals surface area contributed by atoms with Crippen molar-refractivity contribution in [2.45, 2.75) is 0 Å². The number of rotatable bonds is 2. The van der Waals surface area contributed by atoms with E-state index >= 15 is 0 Å². The Hall–Kier alpha value is -2.21. The van der Waals surface area contributed by atoms with E-state index in [9.17, 15) is 5.11 Å². The standard InChI is InChI=1S/C11H8N4OS/c16-10-7-3-1-2-4-8(7)17-9(10)5-12-11-13-6-14-15-11/h1-6,16H,(H,13,14,15). The molecule has 6 heteroatoms. The molecule has 2 aromatic heterocycles. The first kappa shape index (κ1) is 9.98. The Labute approximate surface area is 100 Å².